The molecule has 1 fully saturated rings. The van der Waals surface area contributed by atoms with Gasteiger partial charge in [-0.3, -0.25) is 14.4 Å². The number of likely N-dealkylation sites (N-methyl/N-ethyl adjacent to an activating group) is 1. The summed E-state index contributed by atoms with van der Waals surface area (Å²) in [6.45, 7) is 3.72. The number of hydrogen-bond donors (Lipinski definition) is 2. The van der Waals surface area contributed by atoms with Crippen LogP contribution in [-0.2, 0) is 22.8 Å². The zero-order valence-corrected chi connectivity index (χ0v) is 20.9. The van der Waals surface area contributed by atoms with Gasteiger partial charge in [-0.25, -0.2) is 5.48 Å². The van der Waals surface area contributed by atoms with Crippen molar-refractivity contribution in [1.29, 1.82) is 0 Å². The van der Waals surface area contributed by atoms with E-state index in [0.29, 0.717) is 18.0 Å². The molecule has 0 aromatic heterocycles. The first kappa shape index (κ1) is 25.6. The summed E-state index contributed by atoms with van der Waals surface area (Å²) < 4.78 is 0. The predicted molar refractivity (Wildman–Crippen MR) is 143 cm³/mol. The molecule has 0 heterocycles. The molecule has 188 valence electrons. The molecule has 0 atom stereocenters. The highest BCUT2D eigenvalue weighted by Crippen LogP contribution is 2.34. The number of carbonyl (C=O) groups is 2. The Balaban J connectivity index is 1.41. The van der Waals surface area contributed by atoms with E-state index in [0.717, 1.165) is 23.4 Å². The van der Waals surface area contributed by atoms with Crippen LogP contribution >= 0.6 is 0 Å². The van der Waals surface area contributed by atoms with Crippen molar-refractivity contribution >= 4 is 17.5 Å². The van der Waals surface area contributed by atoms with E-state index in [-0.39, 0.29) is 25.0 Å². The van der Waals surface area contributed by atoms with Gasteiger partial charge in [-0.1, -0.05) is 74.4 Å². The molecule has 4 rings (SSSR count). The molecular weight excluding hydrogens is 450 g/mol. The molecule has 3 aromatic carbocycles. The van der Waals surface area contributed by atoms with Crippen molar-refractivity contribution < 1.29 is 14.4 Å². The first-order valence-corrected chi connectivity index (χ1v) is 12.8. The lowest BCUT2D eigenvalue weighted by Crippen LogP contribution is -2.38. The number of nitrogens with zero attached hydrogens (tertiary/aromatic N) is 1. The SMILES string of the molecule is CCNCC(=O)N(Cc1ccc(C2CCCC2)cc1)c1ccc(C(=O)NOCc2ccccc2)cc1. The highest BCUT2D eigenvalue weighted by Gasteiger charge is 2.19. The quantitative estimate of drug-likeness (QED) is 0.359. The molecule has 1 aliphatic carbocycles. The third-order valence-electron chi connectivity index (χ3n) is 6.66. The lowest BCUT2D eigenvalue weighted by Gasteiger charge is -2.24. The fourth-order valence-corrected chi connectivity index (χ4v) is 4.60. The van der Waals surface area contributed by atoms with Crippen LogP contribution in [0.3, 0.4) is 0 Å². The standard InChI is InChI=1S/C30H35N3O3/c1-2-31-20-29(34)33(21-23-12-14-26(15-13-23)25-10-6-7-11-25)28-18-16-27(17-19-28)30(35)32-36-22-24-8-4-3-5-9-24/h3-5,8-9,12-19,25,31H,2,6-7,10-11,20-22H2,1H3,(H,32,35). The highest BCUT2D eigenvalue weighted by atomic mass is 16.6. The van der Waals surface area contributed by atoms with E-state index in [4.69, 9.17) is 4.84 Å². The number of anilines is 1. The molecule has 2 N–H and O–H groups in total. The van der Waals surface area contributed by atoms with Crippen molar-refractivity contribution in [2.45, 2.75) is 51.7 Å². The average Bonchev–Trinajstić information content (AvgIpc) is 3.46. The Morgan fingerprint density at radius 2 is 1.58 bits per heavy atom. The summed E-state index contributed by atoms with van der Waals surface area (Å²) in [4.78, 5) is 32.7. The van der Waals surface area contributed by atoms with E-state index in [9.17, 15) is 9.59 Å². The lowest BCUT2D eigenvalue weighted by atomic mass is 9.96. The zero-order valence-electron chi connectivity index (χ0n) is 20.9. The maximum atomic E-state index is 13.0. The second kappa shape index (κ2) is 13.0. The van der Waals surface area contributed by atoms with Gasteiger partial charge in [0, 0.05) is 11.3 Å². The third kappa shape index (κ3) is 7.03. The van der Waals surface area contributed by atoms with E-state index in [2.05, 4.69) is 35.1 Å². The van der Waals surface area contributed by atoms with Crippen molar-refractivity contribution in [3.05, 3.63) is 101 Å². The van der Waals surface area contributed by atoms with Crippen molar-refractivity contribution in [2.24, 2.45) is 0 Å². The summed E-state index contributed by atoms with van der Waals surface area (Å²) >= 11 is 0. The second-order valence-corrected chi connectivity index (χ2v) is 9.24. The largest absolute Gasteiger partial charge is 0.309 e. The van der Waals surface area contributed by atoms with Crippen LogP contribution in [-0.4, -0.2) is 24.9 Å². The minimum Gasteiger partial charge on any atom is -0.309 e. The first-order chi connectivity index (χ1) is 17.6. The molecule has 2 amide bonds. The lowest BCUT2D eigenvalue weighted by molar-refractivity contribution is -0.117. The molecule has 0 saturated heterocycles. The molecule has 6 nitrogen and oxygen atoms in total. The number of benzene rings is 3. The first-order valence-electron chi connectivity index (χ1n) is 12.8. The summed E-state index contributed by atoms with van der Waals surface area (Å²) in [6.07, 6.45) is 5.16. The summed E-state index contributed by atoms with van der Waals surface area (Å²) in [6, 6.07) is 25.4. The van der Waals surface area contributed by atoms with Gasteiger partial charge in [0.25, 0.3) is 5.91 Å². The van der Waals surface area contributed by atoms with E-state index in [1.54, 1.807) is 17.0 Å². The summed E-state index contributed by atoms with van der Waals surface area (Å²) in [7, 11) is 0. The minimum atomic E-state index is -0.328. The summed E-state index contributed by atoms with van der Waals surface area (Å²) in [5.74, 6) is 0.325. The van der Waals surface area contributed by atoms with Crippen LogP contribution in [0.15, 0.2) is 78.9 Å². The topological polar surface area (TPSA) is 70.7 Å². The molecule has 6 heteroatoms. The van der Waals surface area contributed by atoms with E-state index >= 15 is 0 Å². The van der Waals surface area contributed by atoms with Crippen LogP contribution in [0.4, 0.5) is 5.69 Å². The van der Waals surface area contributed by atoms with Gasteiger partial charge in [0.05, 0.1) is 19.7 Å². The Labute approximate surface area is 213 Å². The number of carbonyl (C=O) groups excluding carboxylic acids is 2. The molecule has 36 heavy (non-hydrogen) atoms. The van der Waals surface area contributed by atoms with Crippen LogP contribution in [0.1, 0.15) is 65.6 Å². The van der Waals surface area contributed by atoms with Gasteiger partial charge in [0.1, 0.15) is 0 Å². The van der Waals surface area contributed by atoms with Crippen molar-refractivity contribution in [1.82, 2.24) is 10.8 Å². The Morgan fingerprint density at radius 3 is 2.25 bits per heavy atom. The van der Waals surface area contributed by atoms with Crippen LogP contribution < -0.4 is 15.7 Å². The summed E-state index contributed by atoms with van der Waals surface area (Å²) in [5, 5.41) is 3.12. The van der Waals surface area contributed by atoms with Crippen LogP contribution in [0.5, 0.6) is 0 Å². The number of rotatable bonds is 11. The maximum absolute atomic E-state index is 13.0. The van der Waals surface area contributed by atoms with Crippen LogP contribution in [0, 0.1) is 0 Å². The van der Waals surface area contributed by atoms with E-state index in [1.165, 1.54) is 31.2 Å². The highest BCUT2D eigenvalue weighted by molar-refractivity contribution is 5.97. The molecule has 0 spiro atoms. The Kier molecular flexibility index (Phi) is 9.25. The Bertz CT molecular complexity index is 1110. The van der Waals surface area contributed by atoms with Gasteiger partial charge in [-0.15, -0.1) is 0 Å². The maximum Gasteiger partial charge on any atom is 0.274 e. The molecule has 0 bridgehead atoms. The van der Waals surface area contributed by atoms with Gasteiger partial charge in [0.15, 0.2) is 0 Å². The van der Waals surface area contributed by atoms with E-state index < -0.39 is 0 Å². The third-order valence-corrected chi connectivity index (χ3v) is 6.66. The molecule has 0 aliphatic heterocycles. The monoisotopic (exact) mass is 485 g/mol. The van der Waals surface area contributed by atoms with Crippen molar-refractivity contribution in [3.63, 3.8) is 0 Å². The van der Waals surface area contributed by atoms with Crippen molar-refractivity contribution in [3.8, 4) is 0 Å². The number of hydrogen-bond acceptors (Lipinski definition) is 4. The van der Waals surface area contributed by atoms with Gasteiger partial charge >= 0.3 is 0 Å². The fourth-order valence-electron chi connectivity index (χ4n) is 4.60. The van der Waals surface area contributed by atoms with Gasteiger partial charge < -0.3 is 10.2 Å². The normalized spacial score (nSPS) is 13.5. The molecular formula is C30H35N3O3. The predicted octanol–water partition coefficient (Wildman–Crippen LogP) is 5.35. The Morgan fingerprint density at radius 1 is 0.889 bits per heavy atom. The molecule has 0 radical (unpaired) electrons. The summed E-state index contributed by atoms with van der Waals surface area (Å²) in [5.41, 5.74) is 7.15. The van der Waals surface area contributed by atoms with Crippen LogP contribution in [0.2, 0.25) is 0 Å². The van der Waals surface area contributed by atoms with Gasteiger partial charge in [-0.2, -0.15) is 0 Å². The number of nitrogens with one attached hydrogen (secondary N) is 2. The van der Waals surface area contributed by atoms with Gasteiger partial charge in [-0.05, 0) is 66.3 Å². The number of hydroxylamine groups is 1. The molecule has 0 unspecified atom stereocenters. The molecule has 1 aliphatic rings. The average molecular weight is 486 g/mol. The smallest absolute Gasteiger partial charge is 0.274 e. The van der Waals surface area contributed by atoms with Gasteiger partial charge in [0.2, 0.25) is 5.91 Å². The zero-order chi connectivity index (χ0) is 25.2. The molecule has 1 saturated carbocycles. The minimum absolute atomic E-state index is 0.0138. The fraction of sp³-hybridized carbons (Fsp3) is 0.333. The number of amides is 2. The molecule has 3 aromatic rings. The Hall–Kier alpha value is -3.48. The second-order valence-electron chi connectivity index (χ2n) is 9.24. The van der Waals surface area contributed by atoms with Crippen LogP contribution in [0.25, 0.3) is 0 Å². The van der Waals surface area contributed by atoms with Crippen molar-refractivity contribution in [2.75, 3.05) is 18.0 Å². The van der Waals surface area contributed by atoms with E-state index in [1.807, 2.05) is 49.4 Å².